The summed E-state index contributed by atoms with van der Waals surface area (Å²) < 4.78 is 32.0. The van der Waals surface area contributed by atoms with E-state index in [2.05, 4.69) is 22.9 Å². The zero-order valence-electron chi connectivity index (χ0n) is 21.3. The summed E-state index contributed by atoms with van der Waals surface area (Å²) in [6.45, 7) is 11.7. The summed E-state index contributed by atoms with van der Waals surface area (Å²) in [6, 6.07) is 0. The minimum absolute atomic E-state index is 0.0914. The van der Waals surface area contributed by atoms with Gasteiger partial charge in [-0.1, -0.05) is 90.9 Å². The first-order valence-corrected chi connectivity index (χ1v) is 14.6. The van der Waals surface area contributed by atoms with Crippen molar-refractivity contribution >= 4 is 10.4 Å². The van der Waals surface area contributed by atoms with Crippen LogP contribution in [0.1, 0.15) is 111 Å². The number of nitrogens with one attached hydrogen (secondary N) is 1. The number of quaternary nitrogens is 1. The van der Waals surface area contributed by atoms with Gasteiger partial charge in [-0.25, -0.2) is 13.3 Å². The molecule has 2 atom stereocenters. The summed E-state index contributed by atoms with van der Waals surface area (Å²) in [5.74, 6) is 0. The summed E-state index contributed by atoms with van der Waals surface area (Å²) in [5.41, 5.74) is 5.79. The van der Waals surface area contributed by atoms with Gasteiger partial charge >= 0.3 is 0 Å². The van der Waals surface area contributed by atoms with Crippen LogP contribution in [-0.2, 0) is 14.6 Å². The highest BCUT2D eigenvalue weighted by Crippen LogP contribution is 2.14. The van der Waals surface area contributed by atoms with Crippen molar-refractivity contribution in [3.05, 3.63) is 0 Å². The summed E-state index contributed by atoms with van der Waals surface area (Å²) in [5, 5.41) is 0. The maximum atomic E-state index is 9.45. The maximum absolute atomic E-state index is 9.45. The standard InChI is InChI=1S/C22H47N3.C2H6O4S/c1-3-5-6-7-8-9-10-11-12-13-14-15-16-17-22-24(4-2)20-21-25(22)19-18-23;1-2-6-7(3,4)5/h22H,3-21,23H2,1-2H3;2H2,1H3,(H,3,4,5). The number of likely N-dealkylation sites (N-methyl/N-ethyl adjacent to an activating group) is 1. The number of hydrogen-bond donors (Lipinski definition) is 2. The molecular formula is C24H53N3O4S. The quantitative estimate of drug-likeness (QED) is 0.167. The molecule has 7 nitrogen and oxygen atoms in total. The third kappa shape index (κ3) is 18.2. The Labute approximate surface area is 199 Å². The van der Waals surface area contributed by atoms with Crippen LogP contribution in [-0.4, -0.2) is 63.4 Å². The molecule has 1 rings (SSSR count). The van der Waals surface area contributed by atoms with Crippen LogP contribution in [0.4, 0.5) is 0 Å². The van der Waals surface area contributed by atoms with Crippen molar-refractivity contribution in [1.29, 1.82) is 0 Å². The van der Waals surface area contributed by atoms with Crippen LogP contribution in [0.3, 0.4) is 0 Å². The highest BCUT2D eigenvalue weighted by molar-refractivity contribution is 7.80. The summed E-state index contributed by atoms with van der Waals surface area (Å²) >= 11 is 0. The molecule has 1 fully saturated rings. The topological polar surface area (TPSA) is 100 Å². The molecule has 1 aliphatic heterocycles. The molecule has 3 N–H and O–H groups in total. The molecule has 0 aromatic rings. The van der Waals surface area contributed by atoms with Crippen LogP contribution in [0.15, 0.2) is 0 Å². The average molecular weight is 480 g/mol. The summed E-state index contributed by atoms with van der Waals surface area (Å²) in [6.07, 6.45) is 20.9. The molecule has 32 heavy (non-hydrogen) atoms. The lowest BCUT2D eigenvalue weighted by atomic mass is 10.0. The molecule has 0 amide bonds. The lowest BCUT2D eigenvalue weighted by Gasteiger charge is -2.26. The Morgan fingerprint density at radius 1 is 0.906 bits per heavy atom. The van der Waals surface area contributed by atoms with Crippen molar-refractivity contribution in [3.63, 3.8) is 0 Å². The zero-order valence-corrected chi connectivity index (χ0v) is 22.1. The van der Waals surface area contributed by atoms with Gasteiger partial charge in [0.1, 0.15) is 6.17 Å². The lowest BCUT2D eigenvalue weighted by Crippen LogP contribution is -3.15. The molecule has 0 aromatic carbocycles. The van der Waals surface area contributed by atoms with E-state index in [4.69, 9.17) is 5.73 Å². The lowest BCUT2D eigenvalue weighted by molar-refractivity contribution is -0.917. The van der Waals surface area contributed by atoms with E-state index in [1.807, 2.05) is 0 Å². The van der Waals surface area contributed by atoms with E-state index in [1.54, 1.807) is 4.90 Å². The number of hydrogen-bond acceptors (Lipinski definition) is 6. The highest BCUT2D eigenvalue weighted by atomic mass is 32.3. The van der Waals surface area contributed by atoms with E-state index in [1.165, 1.54) is 116 Å². The van der Waals surface area contributed by atoms with Gasteiger partial charge in [-0.05, 0) is 13.3 Å². The van der Waals surface area contributed by atoms with Crippen molar-refractivity contribution in [2.45, 2.75) is 117 Å². The van der Waals surface area contributed by atoms with Gasteiger partial charge in [0, 0.05) is 19.5 Å². The fourth-order valence-electron chi connectivity index (χ4n) is 4.61. The Balaban J connectivity index is 0.00000118. The highest BCUT2D eigenvalue weighted by Gasteiger charge is 2.33. The smallest absolute Gasteiger partial charge is 0.217 e. The molecule has 194 valence electrons. The SMILES string of the molecule is CCCCCCCCCCCCCCCC1N(CC)CC[NH+]1CCN.CCOS(=O)(=O)[O-]. The zero-order chi connectivity index (χ0) is 24.1. The van der Waals surface area contributed by atoms with Crippen LogP contribution in [0.2, 0.25) is 0 Å². The molecular weight excluding hydrogens is 426 g/mol. The normalized spacial score (nSPS) is 19.2. The first-order chi connectivity index (χ1) is 15.4. The molecule has 1 aliphatic rings. The Kier molecular flexibility index (Phi) is 21.1. The van der Waals surface area contributed by atoms with Gasteiger partial charge in [-0.3, -0.25) is 4.18 Å². The fraction of sp³-hybridized carbons (Fsp3) is 1.00. The predicted molar refractivity (Wildman–Crippen MR) is 132 cm³/mol. The van der Waals surface area contributed by atoms with E-state index in [-0.39, 0.29) is 6.61 Å². The van der Waals surface area contributed by atoms with Gasteiger partial charge in [0.2, 0.25) is 10.4 Å². The van der Waals surface area contributed by atoms with E-state index in [0.29, 0.717) is 0 Å². The molecule has 0 aliphatic carbocycles. The first kappa shape index (κ1) is 31.8. The van der Waals surface area contributed by atoms with Crippen LogP contribution < -0.4 is 10.6 Å². The summed E-state index contributed by atoms with van der Waals surface area (Å²) in [7, 11) is -4.42. The third-order valence-corrected chi connectivity index (χ3v) is 6.87. The van der Waals surface area contributed by atoms with Crippen molar-refractivity contribution in [2.24, 2.45) is 5.73 Å². The van der Waals surface area contributed by atoms with Gasteiger partial charge in [0.05, 0.1) is 26.2 Å². The number of unbranched alkanes of at least 4 members (excludes halogenated alkanes) is 12. The second-order valence-corrected chi connectivity index (χ2v) is 9.99. The molecule has 2 unspecified atom stereocenters. The second-order valence-electron chi connectivity index (χ2n) is 8.94. The minimum Gasteiger partial charge on any atom is -0.726 e. The third-order valence-electron chi connectivity index (χ3n) is 6.35. The van der Waals surface area contributed by atoms with E-state index in [0.717, 1.165) is 19.3 Å². The summed E-state index contributed by atoms with van der Waals surface area (Å²) in [4.78, 5) is 4.41. The molecule has 8 heteroatoms. The van der Waals surface area contributed by atoms with E-state index >= 15 is 0 Å². The van der Waals surface area contributed by atoms with Gasteiger partial charge in [-0.2, -0.15) is 0 Å². The van der Waals surface area contributed by atoms with Crippen LogP contribution in [0.25, 0.3) is 0 Å². The fourth-order valence-corrected chi connectivity index (χ4v) is 4.90. The molecule has 0 spiro atoms. The van der Waals surface area contributed by atoms with Crippen LogP contribution >= 0.6 is 0 Å². The Morgan fingerprint density at radius 3 is 1.78 bits per heavy atom. The van der Waals surface area contributed by atoms with Crippen molar-refractivity contribution in [3.8, 4) is 0 Å². The molecule has 0 radical (unpaired) electrons. The Morgan fingerprint density at radius 2 is 1.41 bits per heavy atom. The molecule has 0 saturated carbocycles. The Hall–Kier alpha value is -0.250. The molecule has 0 aromatic heterocycles. The second kappa shape index (κ2) is 21.3. The van der Waals surface area contributed by atoms with Crippen LogP contribution in [0, 0.1) is 0 Å². The van der Waals surface area contributed by atoms with Crippen molar-refractivity contribution in [1.82, 2.24) is 4.90 Å². The first-order valence-electron chi connectivity index (χ1n) is 13.3. The Bertz CT molecular complexity index is 505. The van der Waals surface area contributed by atoms with Gasteiger partial charge < -0.3 is 15.2 Å². The predicted octanol–water partition coefficient (Wildman–Crippen LogP) is 3.46. The number of rotatable bonds is 19. The van der Waals surface area contributed by atoms with E-state index < -0.39 is 10.4 Å². The van der Waals surface area contributed by atoms with Crippen LogP contribution in [0.5, 0.6) is 0 Å². The van der Waals surface area contributed by atoms with Crippen molar-refractivity contribution < 1.29 is 22.1 Å². The van der Waals surface area contributed by atoms with Gasteiger partial charge in [0.25, 0.3) is 0 Å². The molecule has 0 bridgehead atoms. The maximum Gasteiger partial charge on any atom is 0.217 e. The van der Waals surface area contributed by atoms with E-state index in [9.17, 15) is 13.0 Å². The molecule has 1 heterocycles. The number of nitrogens with zero attached hydrogens (tertiary/aromatic N) is 1. The van der Waals surface area contributed by atoms with Gasteiger partial charge in [-0.15, -0.1) is 0 Å². The van der Waals surface area contributed by atoms with Crippen molar-refractivity contribution in [2.75, 3.05) is 39.3 Å². The largest absolute Gasteiger partial charge is 0.726 e. The monoisotopic (exact) mass is 479 g/mol. The number of nitrogens with two attached hydrogens (primary N) is 1. The molecule has 1 saturated heterocycles. The van der Waals surface area contributed by atoms with Gasteiger partial charge in [0.15, 0.2) is 0 Å². The average Bonchev–Trinajstić information content (AvgIpc) is 3.13. The minimum atomic E-state index is -4.42.